The van der Waals surface area contributed by atoms with Gasteiger partial charge in [0.15, 0.2) is 0 Å². The van der Waals surface area contributed by atoms with E-state index in [4.69, 9.17) is 9.72 Å². The van der Waals surface area contributed by atoms with Crippen molar-refractivity contribution < 1.29 is 9.84 Å². The van der Waals surface area contributed by atoms with Crippen molar-refractivity contribution in [2.75, 3.05) is 0 Å². The monoisotopic (exact) mass is 417 g/mol. The Labute approximate surface area is 179 Å². The van der Waals surface area contributed by atoms with Crippen molar-refractivity contribution >= 4 is 21.6 Å². The number of pyridine rings is 2. The number of aromatic nitrogens is 3. The van der Waals surface area contributed by atoms with Gasteiger partial charge in [0.25, 0.3) is 0 Å². The summed E-state index contributed by atoms with van der Waals surface area (Å²) in [5.74, 6) is 1.86. The maximum atomic E-state index is 10.3. The Hall–Kier alpha value is -2.83. The second-order valence-electron chi connectivity index (χ2n) is 7.76. The van der Waals surface area contributed by atoms with Crippen LogP contribution in [-0.4, -0.2) is 26.2 Å². The molecular formula is C24H23N3O2S. The van der Waals surface area contributed by atoms with Crippen LogP contribution in [0.15, 0.2) is 61.2 Å². The molecule has 5 nitrogen and oxygen atoms in total. The molecule has 152 valence electrons. The van der Waals surface area contributed by atoms with Crippen molar-refractivity contribution in [3.63, 3.8) is 0 Å². The minimum absolute atomic E-state index is 0.192. The number of hydrogen-bond donors (Lipinski definition) is 1. The Balaban J connectivity index is 1.39. The molecule has 0 spiro atoms. The third-order valence-electron chi connectivity index (χ3n) is 5.71. The number of benzene rings is 1. The van der Waals surface area contributed by atoms with Gasteiger partial charge in [0.05, 0.1) is 21.3 Å². The van der Waals surface area contributed by atoms with Crippen LogP contribution >= 0.6 is 11.3 Å². The zero-order valence-electron chi connectivity index (χ0n) is 16.6. The number of aliphatic hydroxyl groups excluding tert-OH is 1. The van der Waals surface area contributed by atoms with E-state index >= 15 is 0 Å². The molecule has 1 fully saturated rings. The lowest BCUT2D eigenvalue weighted by molar-refractivity contribution is 0.0700. The van der Waals surface area contributed by atoms with Crippen molar-refractivity contribution in [2.45, 2.75) is 38.2 Å². The van der Waals surface area contributed by atoms with E-state index in [2.05, 4.69) is 9.97 Å². The van der Waals surface area contributed by atoms with Crippen LogP contribution in [0.3, 0.4) is 0 Å². The predicted octanol–water partition coefficient (Wildman–Crippen LogP) is 5.64. The number of rotatable bonds is 5. The van der Waals surface area contributed by atoms with Crippen molar-refractivity contribution in [3.8, 4) is 22.6 Å². The molecule has 1 aromatic carbocycles. The highest BCUT2D eigenvalue weighted by molar-refractivity contribution is 7.18. The van der Waals surface area contributed by atoms with Gasteiger partial charge in [-0.25, -0.2) is 4.98 Å². The Morgan fingerprint density at radius 1 is 1.00 bits per heavy atom. The average Bonchev–Trinajstić information content (AvgIpc) is 3.18. The van der Waals surface area contributed by atoms with E-state index in [0.29, 0.717) is 5.92 Å². The molecule has 0 aliphatic heterocycles. The fraction of sp³-hybridized carbons (Fsp3) is 0.292. The third-order valence-corrected chi connectivity index (χ3v) is 6.75. The third kappa shape index (κ3) is 4.06. The first-order chi connectivity index (χ1) is 14.8. The van der Waals surface area contributed by atoms with E-state index < -0.39 is 0 Å². The number of fused-ring (bicyclic) bond motifs is 1. The maximum Gasteiger partial charge on any atom is 0.138 e. The number of aliphatic hydroxyl groups is 1. The summed E-state index contributed by atoms with van der Waals surface area (Å²) in [4.78, 5) is 13.1. The van der Waals surface area contributed by atoms with Gasteiger partial charge in [0, 0.05) is 42.8 Å². The summed E-state index contributed by atoms with van der Waals surface area (Å²) in [5.41, 5.74) is 2.92. The van der Waals surface area contributed by atoms with Crippen LogP contribution in [-0.2, 0) is 6.42 Å². The molecule has 0 radical (unpaired) electrons. The van der Waals surface area contributed by atoms with Crippen LogP contribution in [0.5, 0.6) is 11.5 Å². The second kappa shape index (κ2) is 8.50. The van der Waals surface area contributed by atoms with Crippen LogP contribution in [0.1, 0.15) is 30.7 Å². The lowest BCUT2D eigenvalue weighted by Crippen LogP contribution is -2.26. The molecule has 1 N–H and O–H groups in total. The summed E-state index contributed by atoms with van der Waals surface area (Å²) >= 11 is 1.70. The van der Waals surface area contributed by atoms with Gasteiger partial charge in [0.2, 0.25) is 0 Å². The van der Waals surface area contributed by atoms with E-state index in [1.54, 1.807) is 29.9 Å². The van der Waals surface area contributed by atoms with Crippen molar-refractivity contribution in [3.05, 3.63) is 66.2 Å². The average molecular weight is 418 g/mol. The highest BCUT2D eigenvalue weighted by atomic mass is 32.1. The summed E-state index contributed by atoms with van der Waals surface area (Å²) in [6.45, 7) is 0. The van der Waals surface area contributed by atoms with E-state index in [-0.39, 0.29) is 6.10 Å². The fourth-order valence-electron chi connectivity index (χ4n) is 4.10. The summed E-state index contributed by atoms with van der Waals surface area (Å²) in [6, 6.07) is 11.8. The molecule has 0 saturated heterocycles. The molecule has 30 heavy (non-hydrogen) atoms. The van der Waals surface area contributed by atoms with E-state index in [1.165, 1.54) is 6.42 Å². The topological polar surface area (TPSA) is 68.1 Å². The van der Waals surface area contributed by atoms with E-state index in [1.807, 2.05) is 42.6 Å². The summed E-state index contributed by atoms with van der Waals surface area (Å²) in [6.07, 6.45) is 12.1. The molecule has 0 unspecified atom stereocenters. The molecule has 1 aliphatic carbocycles. The van der Waals surface area contributed by atoms with Gasteiger partial charge in [-0.15, -0.1) is 11.3 Å². The number of thiazole rings is 1. The predicted molar refractivity (Wildman–Crippen MR) is 119 cm³/mol. The fourth-order valence-corrected chi connectivity index (χ4v) is 5.19. The first-order valence-electron chi connectivity index (χ1n) is 10.4. The zero-order valence-corrected chi connectivity index (χ0v) is 17.4. The van der Waals surface area contributed by atoms with Gasteiger partial charge >= 0.3 is 0 Å². The Morgan fingerprint density at radius 2 is 1.83 bits per heavy atom. The van der Waals surface area contributed by atoms with Crippen LogP contribution in [0.25, 0.3) is 21.3 Å². The summed E-state index contributed by atoms with van der Waals surface area (Å²) < 4.78 is 7.33. The molecule has 6 heteroatoms. The molecule has 3 heterocycles. The normalized spacial score (nSPS) is 19.1. The summed E-state index contributed by atoms with van der Waals surface area (Å²) in [7, 11) is 0. The Bertz CT molecular complexity index is 1150. The van der Waals surface area contributed by atoms with Gasteiger partial charge < -0.3 is 9.84 Å². The highest BCUT2D eigenvalue weighted by Crippen LogP contribution is 2.35. The zero-order chi connectivity index (χ0) is 20.3. The van der Waals surface area contributed by atoms with Gasteiger partial charge in [-0.3, -0.25) is 9.97 Å². The second-order valence-corrected chi connectivity index (χ2v) is 8.88. The van der Waals surface area contributed by atoms with Gasteiger partial charge in [0.1, 0.15) is 11.5 Å². The smallest absolute Gasteiger partial charge is 0.138 e. The molecular weight excluding hydrogens is 394 g/mol. The number of ether oxygens (including phenoxy) is 1. The highest BCUT2D eigenvalue weighted by Gasteiger charge is 2.24. The van der Waals surface area contributed by atoms with E-state index in [9.17, 15) is 5.11 Å². The van der Waals surface area contributed by atoms with Crippen LogP contribution in [0.4, 0.5) is 0 Å². The van der Waals surface area contributed by atoms with Gasteiger partial charge in [-0.1, -0.05) is 12.8 Å². The molecule has 5 rings (SSSR count). The minimum Gasteiger partial charge on any atom is -0.457 e. The number of hydrogen-bond acceptors (Lipinski definition) is 6. The molecule has 1 saturated carbocycles. The molecule has 4 aromatic rings. The van der Waals surface area contributed by atoms with Crippen molar-refractivity contribution in [2.24, 2.45) is 5.92 Å². The van der Waals surface area contributed by atoms with Gasteiger partial charge in [-0.05, 0) is 54.7 Å². The van der Waals surface area contributed by atoms with Gasteiger partial charge in [-0.2, -0.15) is 0 Å². The molecule has 3 aromatic heterocycles. The van der Waals surface area contributed by atoms with E-state index in [0.717, 1.165) is 63.5 Å². The van der Waals surface area contributed by atoms with Crippen molar-refractivity contribution in [1.82, 2.24) is 15.0 Å². The minimum atomic E-state index is -0.192. The first-order valence-corrected chi connectivity index (χ1v) is 11.2. The molecule has 0 bridgehead atoms. The molecule has 2 atom stereocenters. The summed E-state index contributed by atoms with van der Waals surface area (Å²) in [5, 5.41) is 11.4. The SMILES string of the molecule is O[C@@H]1CCCC[C@H]1Cc1nc2ccc(Oc3ccncc3-c3ccncc3)cc2s1. The largest absolute Gasteiger partial charge is 0.457 e. The van der Waals surface area contributed by atoms with Crippen molar-refractivity contribution in [1.29, 1.82) is 0 Å². The Kier molecular flexibility index (Phi) is 5.43. The lowest BCUT2D eigenvalue weighted by atomic mass is 9.84. The van der Waals surface area contributed by atoms with Crippen LogP contribution in [0, 0.1) is 5.92 Å². The first kappa shape index (κ1) is 19.2. The standard InChI is InChI=1S/C24H23N3O2S/c28-21-4-2-1-3-17(21)13-24-27-20-6-5-18(14-23(20)30-24)29-22-9-12-26-15-19(22)16-7-10-25-11-8-16/h5-12,14-15,17,21,28H,1-4,13H2/t17-,21+/m0/s1. The lowest BCUT2D eigenvalue weighted by Gasteiger charge is -2.26. The quantitative estimate of drug-likeness (QED) is 0.455. The Morgan fingerprint density at radius 3 is 2.70 bits per heavy atom. The molecule has 1 aliphatic rings. The van der Waals surface area contributed by atoms with Crippen LogP contribution < -0.4 is 4.74 Å². The molecule has 0 amide bonds. The maximum absolute atomic E-state index is 10.3. The number of nitrogens with zero attached hydrogens (tertiary/aromatic N) is 3. The van der Waals surface area contributed by atoms with Crippen LogP contribution in [0.2, 0.25) is 0 Å².